The minimum atomic E-state index is 0.143. The Morgan fingerprint density at radius 3 is 3.04 bits per heavy atom. The van der Waals surface area contributed by atoms with Crippen LogP contribution in [0.25, 0.3) is 10.9 Å². The molecule has 1 saturated carbocycles. The molecule has 1 fully saturated rings. The summed E-state index contributed by atoms with van der Waals surface area (Å²) in [5, 5.41) is 4.49. The molecule has 1 aliphatic rings. The number of nitrogens with zero attached hydrogens (tertiary/aromatic N) is 3. The van der Waals surface area contributed by atoms with Gasteiger partial charge in [-0.15, -0.1) is 0 Å². The van der Waals surface area contributed by atoms with Crippen molar-refractivity contribution in [3.8, 4) is 0 Å². The van der Waals surface area contributed by atoms with Gasteiger partial charge < -0.3 is 14.5 Å². The molecule has 0 unspecified atom stereocenters. The molecule has 0 radical (unpaired) electrons. The number of hydrogen-bond donors (Lipinski definition) is 1. The first-order chi connectivity index (χ1) is 12.2. The number of amides is 1. The topological polar surface area (TPSA) is 51.9 Å². The van der Waals surface area contributed by atoms with E-state index in [-0.39, 0.29) is 11.9 Å². The number of hydrogen-bond acceptors (Lipinski definition) is 2. The third kappa shape index (κ3) is 3.18. The van der Waals surface area contributed by atoms with E-state index in [4.69, 9.17) is 0 Å². The van der Waals surface area contributed by atoms with Gasteiger partial charge in [0.05, 0.1) is 12.4 Å². The lowest BCUT2D eigenvalue weighted by atomic mass is 10.1. The van der Waals surface area contributed by atoms with E-state index in [0.29, 0.717) is 12.5 Å². The third-order valence-electron chi connectivity index (χ3n) is 5.33. The molecule has 1 aliphatic carbocycles. The van der Waals surface area contributed by atoms with E-state index >= 15 is 0 Å². The van der Waals surface area contributed by atoms with Gasteiger partial charge in [0.25, 0.3) is 0 Å². The van der Waals surface area contributed by atoms with E-state index in [1.54, 1.807) is 6.20 Å². The molecule has 1 amide bonds. The average molecular weight is 336 g/mol. The Kier molecular flexibility index (Phi) is 4.30. The van der Waals surface area contributed by atoms with E-state index in [1.165, 1.54) is 16.5 Å². The minimum Gasteiger partial charge on any atom is -0.351 e. The SMILES string of the molecule is Cn1cc(CCC(=O)N[C@@H]2CCC[C@@H]2n2ccnc2)c2ccccc21. The highest BCUT2D eigenvalue weighted by atomic mass is 16.1. The maximum absolute atomic E-state index is 12.5. The molecule has 25 heavy (non-hydrogen) atoms. The van der Waals surface area contributed by atoms with Gasteiger partial charge in [-0.25, -0.2) is 4.98 Å². The molecule has 5 nitrogen and oxygen atoms in total. The standard InChI is InChI=1S/C20H24N4O/c1-23-13-15(16-5-2-3-7-18(16)23)9-10-20(25)22-17-6-4-8-19(17)24-12-11-21-14-24/h2-3,5,7,11-14,17,19H,4,6,8-10H2,1H3,(H,22,25)/t17-,19+/m1/s1. The number of carbonyl (C=O) groups excluding carboxylic acids is 1. The number of fused-ring (bicyclic) bond motifs is 1. The first-order valence-corrected chi connectivity index (χ1v) is 9.02. The molecule has 2 heterocycles. The van der Waals surface area contributed by atoms with Crippen molar-refractivity contribution in [2.75, 3.05) is 0 Å². The Morgan fingerprint density at radius 2 is 2.20 bits per heavy atom. The second-order valence-corrected chi connectivity index (χ2v) is 6.96. The predicted molar refractivity (Wildman–Crippen MR) is 98.3 cm³/mol. The summed E-state index contributed by atoms with van der Waals surface area (Å²) in [5.74, 6) is 0.143. The van der Waals surface area contributed by atoms with Crippen LogP contribution in [-0.2, 0) is 18.3 Å². The minimum absolute atomic E-state index is 0.143. The van der Waals surface area contributed by atoms with Crippen molar-refractivity contribution in [2.24, 2.45) is 7.05 Å². The van der Waals surface area contributed by atoms with Crippen molar-refractivity contribution in [2.45, 2.75) is 44.2 Å². The number of carbonyl (C=O) groups is 1. The van der Waals surface area contributed by atoms with Gasteiger partial charge >= 0.3 is 0 Å². The zero-order chi connectivity index (χ0) is 17.2. The van der Waals surface area contributed by atoms with E-state index in [9.17, 15) is 4.79 Å². The lowest BCUT2D eigenvalue weighted by Gasteiger charge is -2.22. The van der Waals surface area contributed by atoms with Crippen LogP contribution in [0.4, 0.5) is 0 Å². The highest BCUT2D eigenvalue weighted by Crippen LogP contribution is 2.30. The fourth-order valence-corrected chi connectivity index (χ4v) is 4.08. The van der Waals surface area contributed by atoms with Crippen molar-refractivity contribution in [3.63, 3.8) is 0 Å². The van der Waals surface area contributed by atoms with Gasteiger partial charge in [0.2, 0.25) is 5.91 Å². The van der Waals surface area contributed by atoms with Crippen LogP contribution < -0.4 is 5.32 Å². The quantitative estimate of drug-likeness (QED) is 0.778. The Morgan fingerprint density at radius 1 is 1.32 bits per heavy atom. The summed E-state index contributed by atoms with van der Waals surface area (Å²) in [6.07, 6.45) is 12.4. The number of nitrogens with one attached hydrogen (secondary N) is 1. The van der Waals surface area contributed by atoms with Crippen LogP contribution in [0, 0.1) is 0 Å². The maximum atomic E-state index is 12.5. The summed E-state index contributed by atoms with van der Waals surface area (Å²) in [6, 6.07) is 8.91. The molecular formula is C20H24N4O. The first-order valence-electron chi connectivity index (χ1n) is 9.02. The molecule has 0 saturated heterocycles. The van der Waals surface area contributed by atoms with Crippen molar-refractivity contribution < 1.29 is 4.79 Å². The van der Waals surface area contributed by atoms with E-state index in [0.717, 1.165) is 25.7 Å². The number of para-hydroxylation sites is 1. The van der Waals surface area contributed by atoms with Gasteiger partial charge in [0.1, 0.15) is 0 Å². The molecule has 0 spiro atoms. The van der Waals surface area contributed by atoms with Crippen molar-refractivity contribution in [1.82, 2.24) is 19.4 Å². The van der Waals surface area contributed by atoms with Gasteiger partial charge in [-0.2, -0.15) is 0 Å². The third-order valence-corrected chi connectivity index (χ3v) is 5.33. The number of imidazole rings is 1. The summed E-state index contributed by atoms with van der Waals surface area (Å²) < 4.78 is 4.26. The largest absolute Gasteiger partial charge is 0.351 e. The molecule has 4 rings (SSSR count). The van der Waals surface area contributed by atoms with Crippen molar-refractivity contribution in [3.05, 3.63) is 54.7 Å². The molecule has 5 heteroatoms. The molecule has 2 atom stereocenters. The van der Waals surface area contributed by atoms with E-state index in [1.807, 2.05) is 12.5 Å². The van der Waals surface area contributed by atoms with Gasteiger partial charge in [-0.1, -0.05) is 18.2 Å². The van der Waals surface area contributed by atoms with Gasteiger partial charge in [-0.05, 0) is 37.3 Å². The zero-order valence-corrected chi connectivity index (χ0v) is 14.6. The van der Waals surface area contributed by atoms with Crippen LogP contribution in [0.5, 0.6) is 0 Å². The number of aryl methyl sites for hydroxylation is 2. The Hall–Kier alpha value is -2.56. The van der Waals surface area contributed by atoms with Gasteiger partial charge in [-0.3, -0.25) is 4.79 Å². The van der Waals surface area contributed by atoms with Gasteiger partial charge in [0, 0.05) is 49.0 Å². The Bertz CT molecular complexity index is 865. The van der Waals surface area contributed by atoms with Crippen LogP contribution in [0.1, 0.15) is 37.3 Å². The van der Waals surface area contributed by atoms with Crippen LogP contribution in [0.3, 0.4) is 0 Å². The Labute approximate surface area is 147 Å². The van der Waals surface area contributed by atoms with Crippen LogP contribution in [0.15, 0.2) is 49.2 Å². The molecular weight excluding hydrogens is 312 g/mol. The first kappa shape index (κ1) is 15.9. The van der Waals surface area contributed by atoms with Crippen LogP contribution >= 0.6 is 0 Å². The zero-order valence-electron chi connectivity index (χ0n) is 14.6. The second kappa shape index (κ2) is 6.75. The number of aromatic nitrogens is 3. The smallest absolute Gasteiger partial charge is 0.220 e. The molecule has 2 aromatic heterocycles. The average Bonchev–Trinajstić information content (AvgIpc) is 3.34. The molecule has 0 bridgehead atoms. The molecule has 0 aliphatic heterocycles. The lowest BCUT2D eigenvalue weighted by molar-refractivity contribution is -0.121. The summed E-state index contributed by atoms with van der Waals surface area (Å²) in [6.45, 7) is 0. The van der Waals surface area contributed by atoms with E-state index < -0.39 is 0 Å². The molecule has 1 aromatic carbocycles. The number of rotatable bonds is 5. The lowest BCUT2D eigenvalue weighted by Crippen LogP contribution is -2.38. The fourth-order valence-electron chi connectivity index (χ4n) is 4.08. The second-order valence-electron chi connectivity index (χ2n) is 6.96. The van der Waals surface area contributed by atoms with Crippen molar-refractivity contribution in [1.29, 1.82) is 0 Å². The van der Waals surface area contributed by atoms with Gasteiger partial charge in [0.15, 0.2) is 0 Å². The normalized spacial score (nSPS) is 20.2. The van der Waals surface area contributed by atoms with E-state index in [2.05, 4.69) is 56.9 Å². The maximum Gasteiger partial charge on any atom is 0.220 e. The molecule has 3 aromatic rings. The van der Waals surface area contributed by atoms with Crippen LogP contribution in [-0.4, -0.2) is 26.1 Å². The van der Waals surface area contributed by atoms with Crippen LogP contribution in [0.2, 0.25) is 0 Å². The fraction of sp³-hybridized carbons (Fsp3) is 0.400. The summed E-state index contributed by atoms with van der Waals surface area (Å²) >= 11 is 0. The summed E-state index contributed by atoms with van der Waals surface area (Å²) in [4.78, 5) is 16.6. The summed E-state index contributed by atoms with van der Waals surface area (Å²) in [7, 11) is 2.06. The monoisotopic (exact) mass is 336 g/mol. The Balaban J connectivity index is 1.39. The number of benzene rings is 1. The molecule has 130 valence electrons. The highest BCUT2D eigenvalue weighted by molar-refractivity contribution is 5.85. The predicted octanol–water partition coefficient (Wildman–Crippen LogP) is 3.22. The molecule has 1 N–H and O–H groups in total. The highest BCUT2D eigenvalue weighted by Gasteiger charge is 2.29. The van der Waals surface area contributed by atoms with Crippen molar-refractivity contribution >= 4 is 16.8 Å². The summed E-state index contributed by atoms with van der Waals surface area (Å²) in [5.41, 5.74) is 2.46.